The smallest absolute Gasteiger partial charge is 0.319 e. The number of hydrogen-bond acceptors (Lipinski definition) is 5. The molecule has 0 radical (unpaired) electrons. The van der Waals surface area contributed by atoms with Crippen LogP contribution in [-0.4, -0.2) is 40.2 Å². The predicted octanol–water partition coefficient (Wildman–Crippen LogP) is 2.78. The summed E-state index contributed by atoms with van der Waals surface area (Å²) in [4.78, 5) is 22.8. The van der Waals surface area contributed by atoms with Crippen LogP contribution in [0.1, 0.15) is 26.5 Å². The number of hydrogen-bond donors (Lipinski definition) is 2. The highest BCUT2D eigenvalue weighted by molar-refractivity contribution is 7.92. The Kier molecular flexibility index (Phi) is 4.31. The number of carboxylic acids is 1. The minimum absolute atomic E-state index is 0.0256. The standard InChI is InChI=1S/C18H19N3O4S/c1-18(2,3)15-6-7-19-17(21-15)14-9-11-8-12(4-5-13(11)20-14)26(24,25)10-16(22)23/h4-9,20H,10H2,1-3H3,(H,22,23). The van der Waals surface area contributed by atoms with E-state index in [2.05, 4.69) is 35.7 Å². The fraction of sp³-hybridized carbons (Fsp3) is 0.278. The Hall–Kier alpha value is -2.74. The molecule has 0 amide bonds. The molecule has 0 atom stereocenters. The van der Waals surface area contributed by atoms with Gasteiger partial charge in [-0.15, -0.1) is 0 Å². The van der Waals surface area contributed by atoms with Crippen LogP contribution in [0.2, 0.25) is 0 Å². The monoisotopic (exact) mass is 373 g/mol. The van der Waals surface area contributed by atoms with Gasteiger partial charge in [-0.25, -0.2) is 18.4 Å². The zero-order valence-corrected chi connectivity index (χ0v) is 15.5. The van der Waals surface area contributed by atoms with Gasteiger partial charge in [-0.3, -0.25) is 4.79 Å². The van der Waals surface area contributed by atoms with E-state index in [1.54, 1.807) is 18.3 Å². The Morgan fingerprint density at radius 1 is 1.19 bits per heavy atom. The molecular weight excluding hydrogens is 354 g/mol. The van der Waals surface area contributed by atoms with Gasteiger partial charge < -0.3 is 10.1 Å². The summed E-state index contributed by atoms with van der Waals surface area (Å²) in [6.45, 7) is 6.18. The summed E-state index contributed by atoms with van der Waals surface area (Å²) >= 11 is 0. The maximum Gasteiger partial charge on any atom is 0.319 e. The summed E-state index contributed by atoms with van der Waals surface area (Å²) in [5, 5.41) is 9.42. The first-order valence-corrected chi connectivity index (χ1v) is 9.63. The Morgan fingerprint density at radius 2 is 1.92 bits per heavy atom. The van der Waals surface area contributed by atoms with Crippen LogP contribution >= 0.6 is 0 Å². The lowest BCUT2D eigenvalue weighted by Crippen LogP contribution is -2.15. The largest absolute Gasteiger partial charge is 0.480 e. The van der Waals surface area contributed by atoms with Crippen molar-refractivity contribution in [3.63, 3.8) is 0 Å². The SMILES string of the molecule is CC(C)(C)c1ccnc(-c2cc3cc(S(=O)(=O)CC(=O)O)ccc3[nH]2)n1. The molecule has 0 aliphatic heterocycles. The Bertz CT molecular complexity index is 1100. The molecule has 2 aromatic heterocycles. The maximum atomic E-state index is 12.1. The Balaban J connectivity index is 2.05. The molecular formula is C18H19N3O4S. The number of carbonyl (C=O) groups is 1. The summed E-state index contributed by atoms with van der Waals surface area (Å²) in [6.07, 6.45) is 1.69. The van der Waals surface area contributed by atoms with E-state index >= 15 is 0 Å². The molecule has 136 valence electrons. The van der Waals surface area contributed by atoms with Gasteiger partial charge in [0, 0.05) is 28.2 Å². The molecule has 0 spiro atoms. The van der Waals surface area contributed by atoms with Crippen molar-refractivity contribution in [2.24, 2.45) is 0 Å². The molecule has 0 saturated carbocycles. The van der Waals surface area contributed by atoms with Gasteiger partial charge in [0.15, 0.2) is 21.4 Å². The van der Waals surface area contributed by atoms with Crippen LogP contribution in [0, 0.1) is 0 Å². The van der Waals surface area contributed by atoms with E-state index in [1.807, 2.05) is 6.07 Å². The molecule has 2 heterocycles. The molecule has 0 unspecified atom stereocenters. The third-order valence-electron chi connectivity index (χ3n) is 3.93. The number of carboxylic acid groups (broad SMARTS) is 1. The lowest BCUT2D eigenvalue weighted by atomic mass is 9.92. The number of aliphatic carboxylic acids is 1. The van der Waals surface area contributed by atoms with Crippen molar-refractivity contribution in [2.75, 3.05) is 5.75 Å². The van der Waals surface area contributed by atoms with Gasteiger partial charge in [-0.1, -0.05) is 20.8 Å². The van der Waals surface area contributed by atoms with E-state index in [-0.39, 0.29) is 10.3 Å². The van der Waals surface area contributed by atoms with Gasteiger partial charge in [0.2, 0.25) is 0 Å². The second-order valence-electron chi connectivity index (χ2n) is 7.10. The van der Waals surface area contributed by atoms with Crippen molar-refractivity contribution >= 4 is 26.7 Å². The molecule has 0 aliphatic carbocycles. The van der Waals surface area contributed by atoms with Crippen molar-refractivity contribution in [3.05, 3.63) is 42.2 Å². The molecule has 0 aliphatic rings. The molecule has 0 saturated heterocycles. The average molecular weight is 373 g/mol. The second kappa shape index (κ2) is 6.21. The molecule has 1 aromatic carbocycles. The van der Waals surface area contributed by atoms with E-state index in [4.69, 9.17) is 5.11 Å². The van der Waals surface area contributed by atoms with E-state index < -0.39 is 21.6 Å². The Labute approximate surface area is 151 Å². The number of aromatic amines is 1. The van der Waals surface area contributed by atoms with Crippen LogP contribution in [0.5, 0.6) is 0 Å². The first kappa shape index (κ1) is 18.1. The van der Waals surface area contributed by atoms with Crippen LogP contribution < -0.4 is 0 Å². The van der Waals surface area contributed by atoms with Crippen molar-refractivity contribution in [3.8, 4) is 11.5 Å². The van der Waals surface area contributed by atoms with Crippen LogP contribution in [0.25, 0.3) is 22.4 Å². The normalized spacial score (nSPS) is 12.4. The lowest BCUT2D eigenvalue weighted by Gasteiger charge is -2.17. The van der Waals surface area contributed by atoms with Crippen molar-refractivity contribution in [1.82, 2.24) is 15.0 Å². The minimum Gasteiger partial charge on any atom is -0.480 e. The number of fused-ring (bicyclic) bond motifs is 1. The Morgan fingerprint density at radius 3 is 2.58 bits per heavy atom. The van der Waals surface area contributed by atoms with Gasteiger partial charge in [-0.2, -0.15) is 0 Å². The fourth-order valence-electron chi connectivity index (χ4n) is 2.58. The average Bonchev–Trinajstić information content (AvgIpc) is 2.96. The molecule has 8 heteroatoms. The van der Waals surface area contributed by atoms with Gasteiger partial charge in [-0.05, 0) is 30.3 Å². The molecule has 26 heavy (non-hydrogen) atoms. The number of aromatic nitrogens is 3. The zero-order valence-electron chi connectivity index (χ0n) is 14.6. The first-order valence-electron chi connectivity index (χ1n) is 7.97. The first-order chi connectivity index (χ1) is 12.1. The highest BCUT2D eigenvalue weighted by Crippen LogP contribution is 2.26. The minimum atomic E-state index is -3.88. The lowest BCUT2D eigenvalue weighted by molar-refractivity contribution is -0.134. The maximum absolute atomic E-state index is 12.1. The second-order valence-corrected chi connectivity index (χ2v) is 9.09. The van der Waals surface area contributed by atoms with E-state index in [1.165, 1.54) is 12.1 Å². The van der Waals surface area contributed by atoms with Crippen molar-refractivity contribution in [2.45, 2.75) is 31.1 Å². The van der Waals surface area contributed by atoms with Gasteiger partial charge in [0.25, 0.3) is 0 Å². The highest BCUT2D eigenvalue weighted by Gasteiger charge is 2.20. The molecule has 0 bridgehead atoms. The van der Waals surface area contributed by atoms with Crippen molar-refractivity contribution in [1.29, 1.82) is 0 Å². The third-order valence-corrected chi connectivity index (χ3v) is 5.53. The number of nitrogens with zero attached hydrogens (tertiary/aromatic N) is 2. The molecule has 3 aromatic rings. The number of H-pyrrole nitrogens is 1. The van der Waals surface area contributed by atoms with Gasteiger partial charge >= 0.3 is 5.97 Å². The van der Waals surface area contributed by atoms with Gasteiger partial charge in [0.1, 0.15) is 0 Å². The van der Waals surface area contributed by atoms with Crippen LogP contribution in [0.4, 0.5) is 0 Å². The predicted molar refractivity (Wildman–Crippen MR) is 97.7 cm³/mol. The summed E-state index contributed by atoms with van der Waals surface area (Å²) in [6, 6.07) is 8.09. The summed E-state index contributed by atoms with van der Waals surface area (Å²) in [5.41, 5.74) is 2.16. The van der Waals surface area contributed by atoms with Crippen LogP contribution in [0.15, 0.2) is 41.4 Å². The third kappa shape index (κ3) is 3.60. The van der Waals surface area contributed by atoms with Crippen LogP contribution in [-0.2, 0) is 20.0 Å². The molecule has 2 N–H and O–H groups in total. The number of sulfone groups is 1. The topological polar surface area (TPSA) is 113 Å². The highest BCUT2D eigenvalue weighted by atomic mass is 32.2. The quantitative estimate of drug-likeness (QED) is 0.727. The zero-order chi connectivity index (χ0) is 19.1. The summed E-state index contributed by atoms with van der Waals surface area (Å²) in [7, 11) is -3.88. The fourth-order valence-corrected chi connectivity index (χ4v) is 3.65. The van der Waals surface area contributed by atoms with Crippen LogP contribution in [0.3, 0.4) is 0 Å². The van der Waals surface area contributed by atoms with Gasteiger partial charge in [0.05, 0.1) is 10.6 Å². The molecule has 7 nitrogen and oxygen atoms in total. The molecule has 0 fully saturated rings. The molecule has 3 rings (SSSR count). The van der Waals surface area contributed by atoms with E-state index in [9.17, 15) is 13.2 Å². The van der Waals surface area contributed by atoms with E-state index in [0.717, 1.165) is 11.2 Å². The number of rotatable bonds is 4. The summed E-state index contributed by atoms with van der Waals surface area (Å²) in [5.74, 6) is -1.80. The van der Waals surface area contributed by atoms with E-state index in [0.29, 0.717) is 16.9 Å². The summed E-state index contributed by atoms with van der Waals surface area (Å²) < 4.78 is 24.2. The van der Waals surface area contributed by atoms with Crippen molar-refractivity contribution < 1.29 is 18.3 Å². The number of nitrogens with one attached hydrogen (secondary N) is 1. The number of benzene rings is 1.